The smallest absolute Gasteiger partial charge is 0.272 e. The van der Waals surface area contributed by atoms with E-state index in [1.54, 1.807) is 12.1 Å². The molecule has 0 bridgehead atoms. The summed E-state index contributed by atoms with van der Waals surface area (Å²) in [5, 5.41) is 4.44. The van der Waals surface area contributed by atoms with Crippen LogP contribution in [0.5, 0.6) is 0 Å². The minimum Gasteiger partial charge on any atom is -0.372 e. The maximum absolute atomic E-state index is 12.4. The molecule has 124 valence electrons. The molecule has 0 atom stereocenters. The zero-order valence-corrected chi connectivity index (χ0v) is 14.5. The standard InChI is InChI=1S/C19H20ClN3O/c1-3-23(4-2)15-10-8-14(9-11-15)21-19(24)17-12-13-6-5-7-16(20)18(13)22-17/h5-12,22H,3-4H2,1-2H3,(H,21,24). The molecule has 0 aliphatic heterocycles. The molecule has 4 nitrogen and oxygen atoms in total. The van der Waals surface area contributed by atoms with Crippen LogP contribution in [0.25, 0.3) is 10.9 Å². The Morgan fingerprint density at radius 3 is 2.46 bits per heavy atom. The second-order valence-electron chi connectivity index (χ2n) is 5.56. The van der Waals surface area contributed by atoms with Gasteiger partial charge in [0, 0.05) is 29.9 Å². The van der Waals surface area contributed by atoms with Gasteiger partial charge in [-0.1, -0.05) is 23.7 Å². The van der Waals surface area contributed by atoms with E-state index in [1.165, 1.54) is 0 Å². The van der Waals surface area contributed by atoms with Crippen LogP contribution in [0.3, 0.4) is 0 Å². The Balaban J connectivity index is 1.77. The number of carbonyl (C=O) groups excluding carboxylic acids is 1. The molecule has 1 aromatic heterocycles. The number of hydrogen-bond acceptors (Lipinski definition) is 2. The number of anilines is 2. The summed E-state index contributed by atoms with van der Waals surface area (Å²) in [7, 11) is 0. The average molecular weight is 342 g/mol. The maximum Gasteiger partial charge on any atom is 0.272 e. The third kappa shape index (κ3) is 3.24. The minimum atomic E-state index is -0.183. The first kappa shape index (κ1) is 16.4. The van der Waals surface area contributed by atoms with E-state index >= 15 is 0 Å². The third-order valence-corrected chi connectivity index (χ3v) is 4.42. The van der Waals surface area contributed by atoms with E-state index in [0.29, 0.717) is 10.7 Å². The average Bonchev–Trinajstić information content (AvgIpc) is 3.03. The molecule has 24 heavy (non-hydrogen) atoms. The Morgan fingerprint density at radius 2 is 1.83 bits per heavy atom. The highest BCUT2D eigenvalue weighted by Crippen LogP contribution is 2.24. The van der Waals surface area contributed by atoms with Gasteiger partial charge in [-0.2, -0.15) is 0 Å². The van der Waals surface area contributed by atoms with Gasteiger partial charge in [0.1, 0.15) is 5.69 Å². The van der Waals surface area contributed by atoms with Crippen molar-refractivity contribution in [3.05, 3.63) is 59.2 Å². The Labute approximate surface area is 146 Å². The van der Waals surface area contributed by atoms with Gasteiger partial charge in [0.15, 0.2) is 0 Å². The largest absolute Gasteiger partial charge is 0.372 e. The third-order valence-electron chi connectivity index (χ3n) is 4.10. The van der Waals surface area contributed by atoms with Gasteiger partial charge >= 0.3 is 0 Å². The van der Waals surface area contributed by atoms with E-state index in [1.807, 2.05) is 36.4 Å². The number of fused-ring (bicyclic) bond motifs is 1. The number of halogens is 1. The van der Waals surface area contributed by atoms with Crippen LogP contribution in [0, 0.1) is 0 Å². The number of carbonyl (C=O) groups is 1. The van der Waals surface area contributed by atoms with E-state index in [0.717, 1.165) is 35.4 Å². The Kier molecular flexibility index (Phi) is 4.76. The van der Waals surface area contributed by atoms with Crippen LogP contribution < -0.4 is 10.2 Å². The number of aromatic nitrogens is 1. The van der Waals surface area contributed by atoms with Crippen molar-refractivity contribution in [3.8, 4) is 0 Å². The Hall–Kier alpha value is -2.46. The number of rotatable bonds is 5. The summed E-state index contributed by atoms with van der Waals surface area (Å²) in [5.41, 5.74) is 3.18. The zero-order valence-electron chi connectivity index (χ0n) is 13.8. The molecule has 0 radical (unpaired) electrons. The van der Waals surface area contributed by atoms with Gasteiger partial charge in [0.25, 0.3) is 5.91 Å². The van der Waals surface area contributed by atoms with E-state index in [-0.39, 0.29) is 5.91 Å². The van der Waals surface area contributed by atoms with Crippen LogP contribution >= 0.6 is 11.6 Å². The molecule has 2 N–H and O–H groups in total. The van der Waals surface area contributed by atoms with Crippen molar-refractivity contribution in [2.75, 3.05) is 23.3 Å². The van der Waals surface area contributed by atoms with Crippen molar-refractivity contribution in [3.63, 3.8) is 0 Å². The molecular formula is C19H20ClN3O. The number of nitrogens with zero attached hydrogens (tertiary/aromatic N) is 1. The maximum atomic E-state index is 12.4. The lowest BCUT2D eigenvalue weighted by Gasteiger charge is -2.21. The predicted octanol–water partition coefficient (Wildman–Crippen LogP) is 4.92. The van der Waals surface area contributed by atoms with Crippen LogP contribution in [-0.4, -0.2) is 24.0 Å². The molecule has 0 aliphatic rings. The molecule has 1 heterocycles. The molecule has 0 saturated heterocycles. The van der Waals surface area contributed by atoms with Crippen LogP contribution in [0.15, 0.2) is 48.5 Å². The lowest BCUT2D eigenvalue weighted by Crippen LogP contribution is -2.21. The van der Waals surface area contributed by atoms with Crippen LogP contribution in [0.2, 0.25) is 5.02 Å². The van der Waals surface area contributed by atoms with Gasteiger partial charge in [-0.3, -0.25) is 4.79 Å². The second-order valence-corrected chi connectivity index (χ2v) is 5.97. The van der Waals surface area contributed by atoms with Crippen LogP contribution in [0.1, 0.15) is 24.3 Å². The van der Waals surface area contributed by atoms with Crippen molar-refractivity contribution in [1.29, 1.82) is 0 Å². The van der Waals surface area contributed by atoms with Crippen molar-refractivity contribution < 1.29 is 4.79 Å². The SMILES string of the molecule is CCN(CC)c1ccc(NC(=O)c2cc3cccc(Cl)c3[nH]2)cc1. The van der Waals surface area contributed by atoms with Gasteiger partial charge < -0.3 is 15.2 Å². The number of benzene rings is 2. The number of amides is 1. The normalized spacial score (nSPS) is 10.8. The van der Waals surface area contributed by atoms with Gasteiger partial charge in [0.05, 0.1) is 10.5 Å². The lowest BCUT2D eigenvalue weighted by atomic mass is 10.2. The number of H-pyrrole nitrogens is 1. The van der Waals surface area contributed by atoms with Crippen molar-refractivity contribution in [1.82, 2.24) is 4.98 Å². The van der Waals surface area contributed by atoms with Gasteiger partial charge in [-0.15, -0.1) is 0 Å². The highest BCUT2D eigenvalue weighted by Gasteiger charge is 2.11. The molecular weight excluding hydrogens is 322 g/mol. The lowest BCUT2D eigenvalue weighted by molar-refractivity contribution is 0.102. The molecule has 1 amide bonds. The van der Waals surface area contributed by atoms with E-state index in [4.69, 9.17) is 11.6 Å². The first-order chi connectivity index (χ1) is 11.6. The molecule has 0 spiro atoms. The highest BCUT2D eigenvalue weighted by molar-refractivity contribution is 6.35. The monoisotopic (exact) mass is 341 g/mol. The zero-order chi connectivity index (χ0) is 17.1. The second kappa shape index (κ2) is 6.97. The fourth-order valence-corrected chi connectivity index (χ4v) is 3.01. The molecule has 0 aliphatic carbocycles. The van der Waals surface area contributed by atoms with E-state index < -0.39 is 0 Å². The number of hydrogen-bond donors (Lipinski definition) is 2. The van der Waals surface area contributed by atoms with Gasteiger partial charge in [-0.25, -0.2) is 0 Å². The summed E-state index contributed by atoms with van der Waals surface area (Å²) in [6.45, 7) is 6.16. The Morgan fingerprint density at radius 1 is 1.12 bits per heavy atom. The Bertz CT molecular complexity index is 851. The van der Waals surface area contributed by atoms with E-state index in [2.05, 4.69) is 29.0 Å². The number of para-hydroxylation sites is 1. The van der Waals surface area contributed by atoms with Gasteiger partial charge in [0.2, 0.25) is 0 Å². The van der Waals surface area contributed by atoms with Crippen molar-refractivity contribution in [2.45, 2.75) is 13.8 Å². The molecule has 0 saturated carbocycles. The predicted molar refractivity (Wildman–Crippen MR) is 101 cm³/mol. The quantitative estimate of drug-likeness (QED) is 0.692. The highest BCUT2D eigenvalue weighted by atomic mass is 35.5. The summed E-state index contributed by atoms with van der Waals surface area (Å²) >= 11 is 6.14. The fraction of sp³-hybridized carbons (Fsp3) is 0.211. The molecule has 3 aromatic rings. The first-order valence-corrected chi connectivity index (χ1v) is 8.43. The van der Waals surface area contributed by atoms with Crippen LogP contribution in [0.4, 0.5) is 11.4 Å². The number of aromatic amines is 1. The summed E-state index contributed by atoms with van der Waals surface area (Å²) in [4.78, 5) is 17.8. The molecule has 0 fully saturated rings. The minimum absolute atomic E-state index is 0.183. The topological polar surface area (TPSA) is 48.1 Å². The fourth-order valence-electron chi connectivity index (χ4n) is 2.78. The van der Waals surface area contributed by atoms with Crippen molar-refractivity contribution in [2.24, 2.45) is 0 Å². The molecule has 3 rings (SSSR count). The van der Waals surface area contributed by atoms with Crippen molar-refractivity contribution >= 4 is 39.8 Å². The molecule has 2 aromatic carbocycles. The molecule has 5 heteroatoms. The summed E-state index contributed by atoms with van der Waals surface area (Å²) < 4.78 is 0. The van der Waals surface area contributed by atoms with Gasteiger partial charge in [-0.05, 0) is 50.2 Å². The number of nitrogens with one attached hydrogen (secondary N) is 2. The van der Waals surface area contributed by atoms with E-state index in [9.17, 15) is 4.79 Å². The first-order valence-electron chi connectivity index (χ1n) is 8.06. The summed E-state index contributed by atoms with van der Waals surface area (Å²) in [5.74, 6) is -0.183. The molecule has 0 unspecified atom stereocenters. The summed E-state index contributed by atoms with van der Waals surface area (Å²) in [6.07, 6.45) is 0. The van der Waals surface area contributed by atoms with Crippen LogP contribution in [-0.2, 0) is 0 Å². The summed E-state index contributed by atoms with van der Waals surface area (Å²) in [6, 6.07) is 15.3.